The van der Waals surface area contributed by atoms with E-state index in [0.29, 0.717) is 12.8 Å². The summed E-state index contributed by atoms with van der Waals surface area (Å²) in [7, 11) is -7.22. The van der Waals surface area contributed by atoms with Crippen LogP contribution in [0.5, 0.6) is 0 Å². The molecule has 0 aliphatic carbocycles. The fourth-order valence-electron chi connectivity index (χ4n) is 3.27. The number of unbranched alkanes of at least 4 members (excludes halogenated alkanes) is 14. The van der Waals surface area contributed by atoms with Crippen LogP contribution in [0, 0.1) is 0 Å². The fraction of sp³-hybridized carbons (Fsp3) is 1.00. The third-order valence-electron chi connectivity index (χ3n) is 5.10. The number of hydrogen-bond acceptors (Lipinski definition) is 6. The first-order chi connectivity index (χ1) is 14.3. The van der Waals surface area contributed by atoms with E-state index < -0.39 is 20.2 Å². The predicted molar refractivity (Wildman–Crippen MR) is 125 cm³/mol. The Kier molecular flexibility index (Phi) is 19.4. The Morgan fingerprint density at radius 3 is 1.00 bits per heavy atom. The van der Waals surface area contributed by atoms with Crippen LogP contribution in [0.25, 0.3) is 0 Å². The second kappa shape index (κ2) is 19.5. The van der Waals surface area contributed by atoms with Crippen molar-refractivity contribution in [3.63, 3.8) is 0 Å². The molecule has 0 spiro atoms. The van der Waals surface area contributed by atoms with Crippen molar-refractivity contribution in [1.29, 1.82) is 0 Å². The van der Waals surface area contributed by atoms with Gasteiger partial charge < -0.3 is 0 Å². The lowest BCUT2D eigenvalue weighted by atomic mass is 10.1. The second-order valence-electron chi connectivity index (χ2n) is 8.12. The highest BCUT2D eigenvalue weighted by Crippen LogP contribution is 2.11. The Bertz CT molecular complexity index is 520. The molecule has 0 unspecified atom stereocenters. The van der Waals surface area contributed by atoms with Gasteiger partial charge in [-0.15, -0.1) is 0 Å². The minimum atomic E-state index is -3.61. The molecule has 0 aromatic rings. The molecular formula is C22H46O6S2. The third kappa shape index (κ3) is 21.1. The predicted octanol–water partition coefficient (Wildman–Crippen LogP) is 5.96. The summed E-state index contributed by atoms with van der Waals surface area (Å²) in [5.41, 5.74) is 0. The molecule has 6 nitrogen and oxygen atoms in total. The van der Waals surface area contributed by atoms with Crippen molar-refractivity contribution >= 4 is 20.2 Å². The van der Waals surface area contributed by atoms with Crippen molar-refractivity contribution in [1.82, 2.24) is 0 Å². The maximum absolute atomic E-state index is 11.8. The van der Waals surface area contributed by atoms with Gasteiger partial charge in [0.2, 0.25) is 0 Å². The molecule has 30 heavy (non-hydrogen) atoms. The standard InChI is InChI=1S/C22H46O6S2/c1-3-5-7-9-11-13-15-17-21-29(23,24)27-19-20-28-30(25,26)22-18-16-14-12-10-8-6-4-2/h3-22H2,1-2H3. The average molecular weight is 471 g/mol. The number of hydrogen-bond donors (Lipinski definition) is 0. The first-order valence-electron chi connectivity index (χ1n) is 12.1. The first kappa shape index (κ1) is 29.8. The van der Waals surface area contributed by atoms with Gasteiger partial charge in [-0.05, 0) is 12.8 Å². The highest BCUT2D eigenvalue weighted by Gasteiger charge is 2.14. The van der Waals surface area contributed by atoms with Crippen LogP contribution in [0.1, 0.15) is 117 Å². The monoisotopic (exact) mass is 470 g/mol. The van der Waals surface area contributed by atoms with Gasteiger partial charge in [-0.3, -0.25) is 8.37 Å². The Hall–Kier alpha value is -0.180. The van der Waals surface area contributed by atoms with Gasteiger partial charge >= 0.3 is 0 Å². The van der Waals surface area contributed by atoms with Crippen molar-refractivity contribution in [2.24, 2.45) is 0 Å². The maximum Gasteiger partial charge on any atom is 0.267 e. The zero-order valence-electron chi connectivity index (χ0n) is 19.4. The Balaban J connectivity index is 3.67. The summed E-state index contributed by atoms with van der Waals surface area (Å²) in [6.07, 6.45) is 17.2. The maximum atomic E-state index is 11.8. The van der Waals surface area contributed by atoms with Crippen LogP contribution < -0.4 is 0 Å². The van der Waals surface area contributed by atoms with Gasteiger partial charge in [-0.25, -0.2) is 0 Å². The zero-order valence-corrected chi connectivity index (χ0v) is 21.0. The van der Waals surface area contributed by atoms with Gasteiger partial charge in [-0.1, -0.05) is 104 Å². The van der Waals surface area contributed by atoms with Gasteiger partial charge in [0.1, 0.15) is 0 Å². The molecule has 0 aromatic carbocycles. The molecular weight excluding hydrogens is 424 g/mol. The lowest BCUT2D eigenvalue weighted by Crippen LogP contribution is -2.18. The summed E-state index contributed by atoms with van der Waals surface area (Å²) in [6, 6.07) is 0. The van der Waals surface area contributed by atoms with Crippen LogP contribution in [0.15, 0.2) is 0 Å². The Labute approximate surface area is 186 Å². The van der Waals surface area contributed by atoms with Gasteiger partial charge in [0.15, 0.2) is 0 Å². The molecule has 0 saturated heterocycles. The van der Waals surface area contributed by atoms with Crippen LogP contribution in [0.3, 0.4) is 0 Å². The average Bonchev–Trinajstić information content (AvgIpc) is 2.69. The van der Waals surface area contributed by atoms with E-state index in [4.69, 9.17) is 8.37 Å². The molecule has 0 heterocycles. The van der Waals surface area contributed by atoms with Crippen molar-refractivity contribution in [3.8, 4) is 0 Å². The van der Waals surface area contributed by atoms with E-state index in [2.05, 4.69) is 13.8 Å². The summed E-state index contributed by atoms with van der Waals surface area (Å²) in [6.45, 7) is 3.86. The van der Waals surface area contributed by atoms with Crippen LogP contribution >= 0.6 is 0 Å². The van der Waals surface area contributed by atoms with E-state index >= 15 is 0 Å². The van der Waals surface area contributed by atoms with E-state index in [1.807, 2.05) is 0 Å². The van der Waals surface area contributed by atoms with Gasteiger partial charge in [0.25, 0.3) is 20.2 Å². The minimum absolute atomic E-state index is 0.0209. The quantitative estimate of drug-likeness (QED) is 0.135. The molecule has 0 bridgehead atoms. The van der Waals surface area contributed by atoms with E-state index in [9.17, 15) is 16.8 Å². The molecule has 0 N–H and O–H groups in total. The molecule has 182 valence electrons. The summed E-state index contributed by atoms with van der Waals surface area (Å²) >= 11 is 0. The zero-order chi connectivity index (χ0) is 22.6. The molecule has 0 rings (SSSR count). The minimum Gasteiger partial charge on any atom is -0.268 e. The Morgan fingerprint density at radius 2 is 0.700 bits per heavy atom. The molecule has 0 atom stereocenters. The summed E-state index contributed by atoms with van der Waals surface area (Å²) in [5, 5.41) is 0. The summed E-state index contributed by atoms with van der Waals surface area (Å²) in [5.74, 6) is -0.0417. The van der Waals surface area contributed by atoms with E-state index in [1.54, 1.807) is 0 Å². The third-order valence-corrected chi connectivity index (χ3v) is 7.73. The summed E-state index contributed by atoms with van der Waals surface area (Å²) in [4.78, 5) is 0. The smallest absolute Gasteiger partial charge is 0.267 e. The van der Waals surface area contributed by atoms with Crippen LogP contribution in [-0.4, -0.2) is 41.6 Å². The highest BCUT2D eigenvalue weighted by molar-refractivity contribution is 7.87. The largest absolute Gasteiger partial charge is 0.268 e. The van der Waals surface area contributed by atoms with E-state index in [0.717, 1.165) is 38.5 Å². The van der Waals surface area contributed by atoms with Crippen molar-refractivity contribution in [2.75, 3.05) is 24.7 Å². The van der Waals surface area contributed by atoms with Crippen molar-refractivity contribution < 1.29 is 25.2 Å². The first-order valence-corrected chi connectivity index (χ1v) is 15.2. The topological polar surface area (TPSA) is 86.7 Å². The molecule has 8 heteroatoms. The molecule has 0 amide bonds. The second-order valence-corrected chi connectivity index (χ2v) is 11.6. The van der Waals surface area contributed by atoms with Crippen LogP contribution in [-0.2, 0) is 28.6 Å². The van der Waals surface area contributed by atoms with E-state index in [1.165, 1.54) is 51.4 Å². The SMILES string of the molecule is CCCCCCCCCCS(=O)(=O)OCCOS(=O)(=O)CCCCCCCCCC. The lowest BCUT2D eigenvalue weighted by molar-refractivity contribution is 0.224. The summed E-state index contributed by atoms with van der Waals surface area (Å²) < 4.78 is 57.1. The molecule has 0 aliphatic heterocycles. The molecule has 0 aliphatic rings. The molecule has 0 aromatic heterocycles. The molecule has 0 fully saturated rings. The molecule has 0 saturated carbocycles. The fourth-order valence-corrected chi connectivity index (χ4v) is 5.26. The van der Waals surface area contributed by atoms with Crippen LogP contribution in [0.4, 0.5) is 0 Å². The van der Waals surface area contributed by atoms with Gasteiger partial charge in [0.05, 0.1) is 24.7 Å². The molecule has 0 radical (unpaired) electrons. The van der Waals surface area contributed by atoms with E-state index in [-0.39, 0.29) is 24.7 Å². The number of rotatable bonds is 23. The van der Waals surface area contributed by atoms with Crippen molar-refractivity contribution in [3.05, 3.63) is 0 Å². The normalized spacial score (nSPS) is 12.5. The lowest BCUT2D eigenvalue weighted by Gasteiger charge is -2.07. The van der Waals surface area contributed by atoms with Crippen molar-refractivity contribution in [2.45, 2.75) is 117 Å². The van der Waals surface area contributed by atoms with Crippen LogP contribution in [0.2, 0.25) is 0 Å². The Morgan fingerprint density at radius 1 is 0.433 bits per heavy atom. The highest BCUT2D eigenvalue weighted by atomic mass is 32.2. The van der Waals surface area contributed by atoms with Gasteiger partial charge in [0, 0.05) is 0 Å². The van der Waals surface area contributed by atoms with Gasteiger partial charge in [-0.2, -0.15) is 16.8 Å².